The number of nitro groups is 1. The quantitative estimate of drug-likeness (QED) is 0.179. The lowest BCUT2D eigenvalue weighted by atomic mass is 9.81. The van der Waals surface area contributed by atoms with Crippen LogP contribution >= 0.6 is 0 Å². The zero-order chi connectivity index (χ0) is 26.5. The van der Waals surface area contributed by atoms with Crippen molar-refractivity contribution >= 4 is 23.8 Å². The fraction of sp³-hybridized carbons (Fsp3) is 0.103. The summed E-state index contributed by atoms with van der Waals surface area (Å²) in [6.45, 7) is 2.48. The van der Waals surface area contributed by atoms with Gasteiger partial charge in [0.1, 0.15) is 22.2 Å². The summed E-state index contributed by atoms with van der Waals surface area (Å²) in [6, 6.07) is 27.6. The van der Waals surface area contributed by atoms with E-state index in [1.807, 2.05) is 85.8 Å². The zero-order valence-corrected chi connectivity index (χ0v) is 20.4. The van der Waals surface area contributed by atoms with Crippen LogP contribution in [0.2, 0.25) is 0 Å². The van der Waals surface area contributed by atoms with Gasteiger partial charge < -0.3 is 13.9 Å². The molecule has 4 aromatic rings. The smallest absolute Gasteiger partial charge is 0.433 e. The van der Waals surface area contributed by atoms with Gasteiger partial charge in [0.25, 0.3) is 0 Å². The Kier molecular flexibility index (Phi) is 6.99. The van der Waals surface area contributed by atoms with Gasteiger partial charge in [0, 0.05) is 22.6 Å². The molecule has 2 heterocycles. The number of allylic oxidation sites excluding steroid dienone is 1. The lowest BCUT2D eigenvalue weighted by molar-refractivity contribution is -0.402. The third kappa shape index (κ3) is 5.03. The van der Waals surface area contributed by atoms with E-state index >= 15 is 0 Å². The van der Waals surface area contributed by atoms with Crippen LogP contribution in [0.25, 0.3) is 5.76 Å². The van der Waals surface area contributed by atoms with E-state index in [1.54, 1.807) is 0 Å². The first-order chi connectivity index (χ1) is 18.5. The number of rotatable bonds is 8. The van der Waals surface area contributed by atoms with Gasteiger partial charge in [-0.15, -0.1) is 0 Å². The predicted molar refractivity (Wildman–Crippen MR) is 141 cm³/mol. The molecule has 0 bridgehead atoms. The van der Waals surface area contributed by atoms with Crippen molar-refractivity contribution in [3.8, 4) is 11.5 Å². The molecule has 3 aromatic carbocycles. The first-order valence-corrected chi connectivity index (χ1v) is 11.9. The van der Waals surface area contributed by atoms with E-state index in [4.69, 9.17) is 13.9 Å². The van der Waals surface area contributed by atoms with Gasteiger partial charge in [0.05, 0.1) is 18.9 Å². The van der Waals surface area contributed by atoms with Crippen LogP contribution < -0.4 is 14.9 Å². The maximum absolute atomic E-state index is 12.5. The Hall–Kier alpha value is -5.18. The molecule has 0 aliphatic carbocycles. The van der Waals surface area contributed by atoms with E-state index < -0.39 is 16.7 Å². The number of hydrazone groups is 1. The molecule has 1 unspecified atom stereocenters. The predicted octanol–water partition coefficient (Wildman–Crippen LogP) is 5.94. The molecule has 9 heteroatoms. The molecule has 1 aromatic heterocycles. The van der Waals surface area contributed by atoms with Crippen molar-refractivity contribution in [3.63, 3.8) is 0 Å². The second-order valence-electron chi connectivity index (χ2n) is 8.32. The molecule has 0 spiro atoms. The number of benzene rings is 3. The first-order valence-electron chi connectivity index (χ1n) is 11.9. The van der Waals surface area contributed by atoms with Crippen LogP contribution in [0.4, 0.5) is 5.88 Å². The largest absolute Gasteiger partial charge is 0.494 e. The summed E-state index contributed by atoms with van der Waals surface area (Å²) in [5.41, 5.74) is 5.88. The average Bonchev–Trinajstić information content (AvgIpc) is 3.45. The van der Waals surface area contributed by atoms with E-state index in [9.17, 15) is 14.9 Å². The minimum absolute atomic E-state index is 0.223. The number of nitrogens with one attached hydrogen (secondary N) is 1. The summed E-state index contributed by atoms with van der Waals surface area (Å²) in [4.78, 5) is 22.7. The number of carbonyl (C=O) groups excluding carboxylic acids is 1. The van der Waals surface area contributed by atoms with Crippen molar-refractivity contribution in [1.29, 1.82) is 0 Å². The molecule has 0 radical (unpaired) electrons. The van der Waals surface area contributed by atoms with Gasteiger partial charge in [-0.05, 0) is 48.9 Å². The summed E-state index contributed by atoms with van der Waals surface area (Å²) >= 11 is 0. The molecule has 0 saturated carbocycles. The first kappa shape index (κ1) is 24.5. The summed E-state index contributed by atoms with van der Waals surface area (Å²) < 4.78 is 17.0. The maximum Gasteiger partial charge on any atom is 0.433 e. The van der Waals surface area contributed by atoms with E-state index in [1.165, 1.54) is 12.3 Å². The molecule has 1 aliphatic rings. The van der Waals surface area contributed by atoms with Crippen molar-refractivity contribution in [2.24, 2.45) is 5.10 Å². The number of para-hydroxylation sites is 1. The van der Waals surface area contributed by atoms with Gasteiger partial charge in [-0.3, -0.25) is 14.9 Å². The number of carbonyl (C=O) groups is 1. The molecule has 1 aliphatic heterocycles. The monoisotopic (exact) mass is 509 g/mol. The van der Waals surface area contributed by atoms with Gasteiger partial charge in [-0.1, -0.05) is 48.5 Å². The SMILES string of the molecule is CCOc1ccc(C2=C(C=NNC(=O)c3ccc([N+](=O)[O-])o3)C(c3ccccc3)c3ccccc3O2)cc1. The third-order valence-electron chi connectivity index (χ3n) is 5.94. The number of hydrogen-bond donors (Lipinski definition) is 1. The number of amides is 1. The van der Waals surface area contributed by atoms with Crippen LogP contribution in [0.1, 0.15) is 40.1 Å². The Labute approximate surface area is 218 Å². The highest BCUT2D eigenvalue weighted by Gasteiger charge is 2.31. The fourth-order valence-corrected chi connectivity index (χ4v) is 4.28. The number of furan rings is 1. The van der Waals surface area contributed by atoms with E-state index in [0.29, 0.717) is 23.7 Å². The van der Waals surface area contributed by atoms with Gasteiger partial charge in [-0.2, -0.15) is 5.10 Å². The molecular formula is C29H23N3O6. The van der Waals surface area contributed by atoms with Crippen LogP contribution in [-0.4, -0.2) is 23.7 Å². The molecule has 0 saturated heterocycles. The molecule has 1 atom stereocenters. The molecule has 190 valence electrons. The summed E-state index contributed by atoms with van der Waals surface area (Å²) in [5.74, 6) is 0.323. The Morgan fingerprint density at radius 1 is 1.03 bits per heavy atom. The van der Waals surface area contributed by atoms with Crippen LogP contribution in [0.3, 0.4) is 0 Å². The molecule has 1 amide bonds. The topological polar surface area (TPSA) is 116 Å². The van der Waals surface area contributed by atoms with Crippen molar-refractivity contribution in [2.45, 2.75) is 12.8 Å². The molecule has 0 fully saturated rings. The number of nitrogens with zero attached hydrogens (tertiary/aromatic N) is 2. The lowest BCUT2D eigenvalue weighted by Crippen LogP contribution is -2.20. The Morgan fingerprint density at radius 3 is 2.47 bits per heavy atom. The van der Waals surface area contributed by atoms with Crippen LogP contribution in [0, 0.1) is 10.1 Å². The van der Waals surface area contributed by atoms with Gasteiger partial charge in [0.2, 0.25) is 5.76 Å². The van der Waals surface area contributed by atoms with Gasteiger partial charge in [-0.25, -0.2) is 5.43 Å². The summed E-state index contributed by atoms with van der Waals surface area (Å²) in [7, 11) is 0. The number of fused-ring (bicyclic) bond motifs is 1. The Morgan fingerprint density at radius 2 is 1.76 bits per heavy atom. The van der Waals surface area contributed by atoms with Crippen LogP contribution in [0.15, 0.2) is 106 Å². The molecule has 5 rings (SSSR count). The van der Waals surface area contributed by atoms with Crippen molar-refractivity contribution < 1.29 is 23.6 Å². The second-order valence-corrected chi connectivity index (χ2v) is 8.32. The van der Waals surface area contributed by atoms with E-state index in [2.05, 4.69) is 10.5 Å². The third-order valence-corrected chi connectivity index (χ3v) is 5.94. The maximum atomic E-state index is 12.5. The number of hydrogen-bond acceptors (Lipinski definition) is 7. The molecular weight excluding hydrogens is 486 g/mol. The van der Waals surface area contributed by atoms with Gasteiger partial charge >= 0.3 is 11.8 Å². The van der Waals surface area contributed by atoms with Crippen LogP contribution in [0.5, 0.6) is 11.5 Å². The molecule has 1 N–H and O–H groups in total. The van der Waals surface area contributed by atoms with Crippen molar-refractivity contribution in [2.75, 3.05) is 6.61 Å². The van der Waals surface area contributed by atoms with E-state index in [-0.39, 0.29) is 11.7 Å². The average molecular weight is 510 g/mol. The Balaban J connectivity index is 1.56. The molecule has 9 nitrogen and oxygen atoms in total. The highest BCUT2D eigenvalue weighted by molar-refractivity contribution is 5.96. The molecule has 38 heavy (non-hydrogen) atoms. The fourth-order valence-electron chi connectivity index (χ4n) is 4.28. The minimum atomic E-state index is -0.717. The highest BCUT2D eigenvalue weighted by Crippen LogP contribution is 2.45. The summed E-state index contributed by atoms with van der Waals surface area (Å²) in [6.07, 6.45) is 1.54. The van der Waals surface area contributed by atoms with Crippen molar-refractivity contribution in [3.05, 3.63) is 129 Å². The van der Waals surface area contributed by atoms with E-state index in [0.717, 1.165) is 28.5 Å². The zero-order valence-electron chi connectivity index (χ0n) is 20.4. The lowest BCUT2D eigenvalue weighted by Gasteiger charge is -2.30. The van der Waals surface area contributed by atoms with Gasteiger partial charge in [0.15, 0.2) is 0 Å². The summed E-state index contributed by atoms with van der Waals surface area (Å²) in [5, 5.41) is 15.1. The highest BCUT2D eigenvalue weighted by atomic mass is 16.6. The van der Waals surface area contributed by atoms with Crippen molar-refractivity contribution in [1.82, 2.24) is 5.43 Å². The Bertz CT molecular complexity index is 1520. The van der Waals surface area contributed by atoms with Crippen LogP contribution in [-0.2, 0) is 0 Å². The standard InChI is InChI=1S/C29H23N3O6/c1-2-36-21-14-12-20(13-15-21)28-23(18-30-31-29(33)25-16-17-26(37-25)32(34)35)27(19-8-4-3-5-9-19)22-10-6-7-11-24(22)38-28/h3-18,27H,2H2,1H3,(H,31,33). The normalized spacial score (nSPS) is 14.6. The second kappa shape index (κ2) is 10.8. The minimum Gasteiger partial charge on any atom is -0.494 e. The number of ether oxygens (including phenoxy) is 2.